The number of nitrogens with one attached hydrogen (secondary N) is 1. The van der Waals surface area contributed by atoms with E-state index in [1.54, 1.807) is 19.1 Å². The number of hydrogen-bond acceptors (Lipinski definition) is 4. The summed E-state index contributed by atoms with van der Waals surface area (Å²) in [6, 6.07) is 17.8. The Morgan fingerprint density at radius 1 is 1.25 bits per heavy atom. The van der Waals surface area contributed by atoms with Crippen molar-refractivity contribution < 1.29 is 4.79 Å². The number of rotatable bonds is 4. The van der Waals surface area contributed by atoms with Crippen molar-refractivity contribution in [3.63, 3.8) is 0 Å². The largest absolute Gasteiger partial charge is 0.370 e. The van der Waals surface area contributed by atoms with Gasteiger partial charge in [-0.05, 0) is 43.5 Å². The highest BCUT2D eigenvalue weighted by Gasteiger charge is 2.25. The Bertz CT molecular complexity index is 1030. The first-order valence-corrected chi connectivity index (χ1v) is 9.56. The minimum absolute atomic E-state index is 0.0119. The van der Waals surface area contributed by atoms with Crippen LogP contribution in [0.15, 0.2) is 54.7 Å². The summed E-state index contributed by atoms with van der Waals surface area (Å²) >= 11 is 0. The van der Waals surface area contributed by atoms with Gasteiger partial charge < -0.3 is 9.88 Å². The predicted octanol–water partition coefficient (Wildman–Crippen LogP) is 4.53. The molecule has 2 aromatic carbocycles. The standard InChI is InChI=1S/C23H22N4O/c1-16(28)18-9-10-19(13-24)22(12-18)27-11-5-8-20(15-27)23-25-14-21(26-23)17-6-3-2-4-7-17/h2-4,6-7,9-10,12,14,20H,5,8,11,15H2,1H3,(H,25,26). The van der Waals surface area contributed by atoms with Crippen molar-refractivity contribution in [2.24, 2.45) is 0 Å². The van der Waals surface area contributed by atoms with Gasteiger partial charge in [0.05, 0.1) is 23.1 Å². The Morgan fingerprint density at radius 2 is 2.07 bits per heavy atom. The number of ketones is 1. The molecule has 0 aliphatic carbocycles. The van der Waals surface area contributed by atoms with Crippen LogP contribution in [-0.4, -0.2) is 28.8 Å². The molecule has 0 amide bonds. The van der Waals surface area contributed by atoms with E-state index < -0.39 is 0 Å². The van der Waals surface area contributed by atoms with Crippen molar-refractivity contribution in [2.75, 3.05) is 18.0 Å². The average Bonchev–Trinajstić information content (AvgIpc) is 3.24. The van der Waals surface area contributed by atoms with E-state index in [1.165, 1.54) is 0 Å². The van der Waals surface area contributed by atoms with Gasteiger partial charge in [0.25, 0.3) is 0 Å². The predicted molar refractivity (Wildman–Crippen MR) is 109 cm³/mol. The Labute approximate surface area is 164 Å². The monoisotopic (exact) mass is 370 g/mol. The quantitative estimate of drug-likeness (QED) is 0.685. The van der Waals surface area contributed by atoms with Crippen LogP contribution < -0.4 is 4.90 Å². The summed E-state index contributed by atoms with van der Waals surface area (Å²) in [6.45, 7) is 3.20. The van der Waals surface area contributed by atoms with Gasteiger partial charge in [0.15, 0.2) is 5.78 Å². The van der Waals surface area contributed by atoms with Gasteiger partial charge in [-0.15, -0.1) is 0 Å². The second-order valence-electron chi connectivity index (χ2n) is 7.23. The van der Waals surface area contributed by atoms with Gasteiger partial charge in [0.1, 0.15) is 11.9 Å². The number of imidazole rings is 1. The number of nitriles is 1. The molecular formula is C23H22N4O. The molecule has 0 bridgehead atoms. The van der Waals surface area contributed by atoms with Crippen molar-refractivity contribution in [1.82, 2.24) is 9.97 Å². The van der Waals surface area contributed by atoms with Crippen molar-refractivity contribution >= 4 is 11.5 Å². The molecule has 5 heteroatoms. The smallest absolute Gasteiger partial charge is 0.159 e. The molecular weight excluding hydrogens is 348 g/mol. The van der Waals surface area contributed by atoms with E-state index in [2.05, 4.69) is 33.1 Å². The van der Waals surface area contributed by atoms with Crippen molar-refractivity contribution in [2.45, 2.75) is 25.7 Å². The van der Waals surface area contributed by atoms with Crippen LogP contribution in [0, 0.1) is 11.3 Å². The van der Waals surface area contributed by atoms with E-state index in [9.17, 15) is 10.1 Å². The fourth-order valence-electron chi connectivity index (χ4n) is 3.83. The van der Waals surface area contributed by atoms with Crippen LogP contribution in [0.25, 0.3) is 11.3 Å². The molecule has 1 aliphatic heterocycles. The Balaban J connectivity index is 1.59. The van der Waals surface area contributed by atoms with E-state index in [-0.39, 0.29) is 11.7 Å². The van der Waals surface area contributed by atoms with Gasteiger partial charge in [0, 0.05) is 24.6 Å². The van der Waals surface area contributed by atoms with E-state index >= 15 is 0 Å². The first kappa shape index (κ1) is 18.0. The second kappa shape index (κ2) is 7.69. The number of Topliss-reactive ketones (excluding diaryl/α,β-unsaturated/α-hetero) is 1. The summed E-state index contributed by atoms with van der Waals surface area (Å²) in [6.07, 6.45) is 3.95. The Hall–Kier alpha value is -3.39. The summed E-state index contributed by atoms with van der Waals surface area (Å²) in [4.78, 5) is 22.1. The Kier molecular flexibility index (Phi) is 4.94. The number of anilines is 1. The first-order valence-electron chi connectivity index (χ1n) is 9.56. The lowest BCUT2D eigenvalue weighted by Crippen LogP contribution is -2.35. The lowest BCUT2D eigenvalue weighted by Gasteiger charge is -2.34. The van der Waals surface area contributed by atoms with Crippen LogP contribution >= 0.6 is 0 Å². The molecule has 3 aromatic rings. The third-order valence-corrected chi connectivity index (χ3v) is 5.35. The van der Waals surface area contributed by atoms with Crippen LogP contribution in [0.2, 0.25) is 0 Å². The van der Waals surface area contributed by atoms with Gasteiger partial charge in [-0.2, -0.15) is 5.26 Å². The van der Waals surface area contributed by atoms with Gasteiger partial charge in [0.2, 0.25) is 0 Å². The maximum atomic E-state index is 11.8. The van der Waals surface area contributed by atoms with Crippen LogP contribution in [0.3, 0.4) is 0 Å². The van der Waals surface area contributed by atoms with E-state index in [0.717, 1.165) is 48.7 Å². The molecule has 0 saturated carbocycles. The molecule has 1 saturated heterocycles. The molecule has 1 aromatic heterocycles. The highest BCUT2D eigenvalue weighted by Crippen LogP contribution is 2.32. The van der Waals surface area contributed by atoms with Gasteiger partial charge in [-0.25, -0.2) is 4.98 Å². The number of hydrogen-bond donors (Lipinski definition) is 1. The highest BCUT2D eigenvalue weighted by atomic mass is 16.1. The highest BCUT2D eigenvalue weighted by molar-refractivity contribution is 5.95. The number of piperidine rings is 1. The molecule has 5 nitrogen and oxygen atoms in total. The molecule has 140 valence electrons. The van der Waals surface area contributed by atoms with E-state index in [4.69, 9.17) is 0 Å². The first-order chi connectivity index (χ1) is 13.7. The lowest BCUT2D eigenvalue weighted by atomic mass is 9.95. The minimum atomic E-state index is 0.0119. The summed E-state index contributed by atoms with van der Waals surface area (Å²) in [5, 5.41) is 9.51. The van der Waals surface area contributed by atoms with E-state index in [1.807, 2.05) is 30.5 Å². The molecule has 4 rings (SSSR count). The maximum Gasteiger partial charge on any atom is 0.159 e. The minimum Gasteiger partial charge on any atom is -0.370 e. The lowest BCUT2D eigenvalue weighted by molar-refractivity contribution is 0.101. The van der Waals surface area contributed by atoms with Crippen LogP contribution in [0.1, 0.15) is 47.4 Å². The number of H-pyrrole nitrogens is 1. The van der Waals surface area contributed by atoms with Crippen molar-refractivity contribution in [3.8, 4) is 17.3 Å². The van der Waals surface area contributed by atoms with Gasteiger partial charge in [-0.3, -0.25) is 4.79 Å². The number of aromatic amines is 1. The molecule has 28 heavy (non-hydrogen) atoms. The average molecular weight is 370 g/mol. The topological polar surface area (TPSA) is 72.8 Å². The summed E-state index contributed by atoms with van der Waals surface area (Å²) in [5.41, 5.74) is 4.23. The molecule has 0 radical (unpaired) electrons. The third-order valence-electron chi connectivity index (χ3n) is 5.35. The van der Waals surface area contributed by atoms with Crippen LogP contribution in [0.5, 0.6) is 0 Å². The molecule has 1 fully saturated rings. The SMILES string of the molecule is CC(=O)c1ccc(C#N)c(N2CCCC(c3ncc(-c4ccccc4)[nH]3)C2)c1. The summed E-state index contributed by atoms with van der Waals surface area (Å²) < 4.78 is 0. The Morgan fingerprint density at radius 3 is 2.82 bits per heavy atom. The molecule has 1 N–H and O–H groups in total. The zero-order valence-corrected chi connectivity index (χ0v) is 15.9. The number of carbonyl (C=O) groups is 1. The normalized spacial score (nSPS) is 16.6. The zero-order chi connectivity index (χ0) is 19.5. The second-order valence-corrected chi connectivity index (χ2v) is 7.23. The number of benzene rings is 2. The zero-order valence-electron chi connectivity index (χ0n) is 15.9. The molecule has 2 heterocycles. The molecule has 1 atom stereocenters. The van der Waals surface area contributed by atoms with Crippen molar-refractivity contribution in [3.05, 3.63) is 71.7 Å². The maximum absolute atomic E-state index is 11.8. The van der Waals surface area contributed by atoms with Crippen molar-refractivity contribution in [1.29, 1.82) is 5.26 Å². The molecule has 1 unspecified atom stereocenters. The summed E-state index contributed by atoms with van der Waals surface area (Å²) in [7, 11) is 0. The molecule has 0 spiro atoms. The fraction of sp³-hybridized carbons (Fsp3) is 0.261. The third kappa shape index (κ3) is 3.54. The number of carbonyl (C=O) groups excluding carboxylic acids is 1. The van der Waals surface area contributed by atoms with E-state index in [0.29, 0.717) is 11.1 Å². The fourth-order valence-corrected chi connectivity index (χ4v) is 3.83. The number of aromatic nitrogens is 2. The van der Waals surface area contributed by atoms with Gasteiger partial charge in [-0.1, -0.05) is 30.3 Å². The van der Waals surface area contributed by atoms with Crippen LogP contribution in [-0.2, 0) is 0 Å². The summed E-state index contributed by atoms with van der Waals surface area (Å²) in [5.74, 6) is 1.25. The van der Waals surface area contributed by atoms with Gasteiger partial charge >= 0.3 is 0 Å². The molecule has 1 aliphatic rings. The van der Waals surface area contributed by atoms with Crippen LogP contribution in [0.4, 0.5) is 5.69 Å². The number of nitrogens with zero attached hydrogens (tertiary/aromatic N) is 3.